The van der Waals surface area contributed by atoms with Gasteiger partial charge in [0, 0.05) is 12.3 Å². The minimum atomic E-state index is -0.456. The van der Waals surface area contributed by atoms with Crippen molar-refractivity contribution in [1.82, 2.24) is 14.9 Å². The number of nitrogens with zero attached hydrogens (tertiary/aromatic N) is 3. The Morgan fingerprint density at radius 2 is 2.06 bits per heavy atom. The lowest BCUT2D eigenvalue weighted by Gasteiger charge is -2.16. The maximum atomic E-state index is 11.2. The molecule has 1 aromatic heterocycles. The molecule has 0 saturated heterocycles. The molecule has 1 aromatic rings. The van der Waals surface area contributed by atoms with Gasteiger partial charge in [-0.05, 0) is 13.1 Å². The molecule has 0 saturated carbocycles. The molecule has 0 radical (unpaired) electrons. The van der Waals surface area contributed by atoms with Crippen LogP contribution in [-0.2, 0) is 4.74 Å². The van der Waals surface area contributed by atoms with E-state index in [4.69, 9.17) is 0 Å². The molecule has 100 valence electrons. The predicted molar refractivity (Wildman–Crippen MR) is 71.9 cm³/mol. The second-order valence-electron chi connectivity index (χ2n) is 3.61. The number of carbonyl (C=O) groups excluding carboxylic acids is 1. The second kappa shape index (κ2) is 8.05. The van der Waals surface area contributed by atoms with Crippen molar-refractivity contribution in [2.24, 2.45) is 0 Å². The first kappa shape index (κ1) is 14.9. The van der Waals surface area contributed by atoms with Gasteiger partial charge in [0.2, 0.25) is 0 Å². The van der Waals surface area contributed by atoms with Crippen molar-refractivity contribution in [3.8, 4) is 0 Å². The molecule has 0 aliphatic carbocycles. The van der Waals surface area contributed by atoms with E-state index in [1.54, 1.807) is 18.0 Å². The highest BCUT2D eigenvalue weighted by molar-refractivity contribution is 7.99. The monoisotopic (exact) mass is 269 g/mol. The Morgan fingerprint density at radius 1 is 1.33 bits per heavy atom. The van der Waals surface area contributed by atoms with Gasteiger partial charge < -0.3 is 9.64 Å². The van der Waals surface area contributed by atoms with Crippen LogP contribution in [0.15, 0.2) is 17.4 Å². The zero-order chi connectivity index (χ0) is 13.4. The topological polar surface area (TPSA) is 55.3 Å². The first-order valence-corrected chi connectivity index (χ1v) is 6.95. The van der Waals surface area contributed by atoms with Crippen LogP contribution in [0.25, 0.3) is 0 Å². The Hall–Kier alpha value is -1.14. The summed E-state index contributed by atoms with van der Waals surface area (Å²) >= 11 is 1.64. The van der Waals surface area contributed by atoms with Crippen molar-refractivity contribution in [2.75, 3.05) is 32.5 Å². The van der Waals surface area contributed by atoms with E-state index < -0.39 is 5.97 Å². The maximum Gasteiger partial charge on any atom is 0.358 e. The van der Waals surface area contributed by atoms with Crippen LogP contribution in [0, 0.1) is 0 Å². The Balaban J connectivity index is 2.42. The van der Waals surface area contributed by atoms with Crippen LogP contribution in [0.4, 0.5) is 0 Å². The van der Waals surface area contributed by atoms with Gasteiger partial charge in [0.15, 0.2) is 5.69 Å². The molecule has 0 N–H and O–H groups in total. The molecule has 0 fully saturated rings. The van der Waals surface area contributed by atoms with Gasteiger partial charge in [-0.3, -0.25) is 0 Å². The fourth-order valence-corrected chi connectivity index (χ4v) is 2.23. The molecule has 0 aromatic carbocycles. The van der Waals surface area contributed by atoms with Crippen LogP contribution in [0.2, 0.25) is 0 Å². The molecule has 0 spiro atoms. The van der Waals surface area contributed by atoms with Crippen LogP contribution in [0.5, 0.6) is 0 Å². The summed E-state index contributed by atoms with van der Waals surface area (Å²) in [5, 5.41) is 0.829. The van der Waals surface area contributed by atoms with Crippen LogP contribution in [-0.4, -0.2) is 53.3 Å². The van der Waals surface area contributed by atoms with Gasteiger partial charge in [-0.1, -0.05) is 13.8 Å². The Labute approximate surface area is 112 Å². The van der Waals surface area contributed by atoms with Crippen LogP contribution in [0.1, 0.15) is 24.3 Å². The Morgan fingerprint density at radius 3 is 2.56 bits per heavy atom. The number of aromatic nitrogens is 2. The Bertz CT molecular complexity index is 366. The molecule has 0 amide bonds. The van der Waals surface area contributed by atoms with Gasteiger partial charge in [0.25, 0.3) is 0 Å². The summed E-state index contributed by atoms with van der Waals surface area (Å²) in [6.07, 6.45) is 3.06. The zero-order valence-electron chi connectivity index (χ0n) is 11.0. The number of carbonyl (C=O) groups is 1. The van der Waals surface area contributed by atoms with Gasteiger partial charge in [-0.25, -0.2) is 14.8 Å². The number of thioether (sulfide) groups is 1. The third-order valence-electron chi connectivity index (χ3n) is 2.57. The lowest BCUT2D eigenvalue weighted by atomic mass is 10.5. The van der Waals surface area contributed by atoms with Gasteiger partial charge in [-0.15, -0.1) is 11.8 Å². The molecular formula is C12H19N3O2S. The fraction of sp³-hybridized carbons (Fsp3) is 0.583. The van der Waals surface area contributed by atoms with Gasteiger partial charge in [0.1, 0.15) is 5.03 Å². The average Bonchev–Trinajstić information content (AvgIpc) is 2.43. The normalized spacial score (nSPS) is 10.7. The van der Waals surface area contributed by atoms with Crippen LogP contribution < -0.4 is 0 Å². The largest absolute Gasteiger partial charge is 0.464 e. The molecule has 6 heteroatoms. The standard InChI is InChI=1S/C12H19N3O2S/c1-4-15(5-2)6-7-18-11-9-13-10(8-14-11)12(16)17-3/h8-9H,4-7H2,1-3H3. The number of methoxy groups -OCH3 is 1. The fourth-order valence-electron chi connectivity index (χ4n) is 1.42. The average molecular weight is 269 g/mol. The van der Waals surface area contributed by atoms with Gasteiger partial charge in [-0.2, -0.15) is 0 Å². The molecular weight excluding hydrogens is 250 g/mol. The number of hydrogen-bond donors (Lipinski definition) is 0. The number of rotatable bonds is 7. The summed E-state index contributed by atoms with van der Waals surface area (Å²) in [7, 11) is 1.33. The van der Waals surface area contributed by atoms with Crippen molar-refractivity contribution in [2.45, 2.75) is 18.9 Å². The summed E-state index contributed by atoms with van der Waals surface area (Å²) in [5.74, 6) is 0.510. The van der Waals surface area contributed by atoms with E-state index >= 15 is 0 Å². The van der Waals surface area contributed by atoms with Gasteiger partial charge >= 0.3 is 5.97 Å². The van der Waals surface area contributed by atoms with Crippen LogP contribution in [0.3, 0.4) is 0 Å². The first-order valence-electron chi connectivity index (χ1n) is 5.96. The molecule has 18 heavy (non-hydrogen) atoms. The lowest BCUT2D eigenvalue weighted by Crippen LogP contribution is -2.25. The van der Waals surface area contributed by atoms with E-state index in [9.17, 15) is 4.79 Å². The number of hydrogen-bond acceptors (Lipinski definition) is 6. The zero-order valence-corrected chi connectivity index (χ0v) is 11.9. The molecule has 5 nitrogen and oxygen atoms in total. The van der Waals surface area contributed by atoms with E-state index in [2.05, 4.69) is 33.5 Å². The van der Waals surface area contributed by atoms with E-state index in [-0.39, 0.29) is 5.69 Å². The minimum absolute atomic E-state index is 0.241. The third kappa shape index (κ3) is 4.62. The highest BCUT2D eigenvalue weighted by atomic mass is 32.2. The summed E-state index contributed by atoms with van der Waals surface area (Å²) < 4.78 is 4.56. The minimum Gasteiger partial charge on any atom is -0.464 e. The SMILES string of the molecule is CCN(CC)CCSc1cnc(C(=O)OC)cn1. The third-order valence-corrected chi connectivity index (χ3v) is 3.47. The molecule has 1 rings (SSSR count). The highest BCUT2D eigenvalue weighted by Gasteiger charge is 2.07. The van der Waals surface area contributed by atoms with Crippen molar-refractivity contribution in [3.05, 3.63) is 18.1 Å². The van der Waals surface area contributed by atoms with Crippen molar-refractivity contribution >= 4 is 17.7 Å². The van der Waals surface area contributed by atoms with E-state index in [1.165, 1.54) is 13.3 Å². The van der Waals surface area contributed by atoms with Crippen molar-refractivity contribution < 1.29 is 9.53 Å². The van der Waals surface area contributed by atoms with E-state index in [1.807, 2.05) is 0 Å². The second-order valence-corrected chi connectivity index (χ2v) is 4.72. The summed E-state index contributed by atoms with van der Waals surface area (Å²) in [4.78, 5) is 21.7. The lowest BCUT2D eigenvalue weighted by molar-refractivity contribution is 0.0593. The quantitative estimate of drug-likeness (QED) is 0.554. The predicted octanol–water partition coefficient (Wildman–Crippen LogP) is 1.70. The number of esters is 1. The van der Waals surface area contributed by atoms with Crippen molar-refractivity contribution in [3.63, 3.8) is 0 Å². The molecule has 0 aliphatic heterocycles. The maximum absolute atomic E-state index is 11.2. The van der Waals surface area contributed by atoms with Crippen LogP contribution >= 0.6 is 11.8 Å². The molecule has 0 unspecified atom stereocenters. The first-order chi connectivity index (χ1) is 8.71. The highest BCUT2D eigenvalue weighted by Crippen LogP contribution is 2.13. The number of ether oxygens (including phenoxy) is 1. The smallest absolute Gasteiger partial charge is 0.358 e. The van der Waals surface area contributed by atoms with E-state index in [0.717, 1.165) is 30.4 Å². The Kier molecular flexibility index (Phi) is 6.67. The van der Waals surface area contributed by atoms with Crippen molar-refractivity contribution in [1.29, 1.82) is 0 Å². The molecule has 1 heterocycles. The molecule has 0 bridgehead atoms. The van der Waals surface area contributed by atoms with E-state index in [0.29, 0.717) is 0 Å². The summed E-state index contributed by atoms with van der Waals surface area (Å²) in [6, 6.07) is 0. The molecule has 0 atom stereocenters. The molecule has 0 aliphatic rings. The van der Waals surface area contributed by atoms with Gasteiger partial charge in [0.05, 0.1) is 19.5 Å². The summed E-state index contributed by atoms with van der Waals surface area (Å²) in [6.45, 7) is 7.45. The summed E-state index contributed by atoms with van der Waals surface area (Å²) in [5.41, 5.74) is 0.241.